The van der Waals surface area contributed by atoms with Crippen molar-refractivity contribution in [1.82, 2.24) is 15.3 Å². The summed E-state index contributed by atoms with van der Waals surface area (Å²) >= 11 is 0. The first-order valence-electron chi connectivity index (χ1n) is 10.1. The minimum atomic E-state index is -0.537. The highest BCUT2D eigenvalue weighted by Gasteiger charge is 2.44. The molecule has 1 fully saturated rings. The lowest BCUT2D eigenvalue weighted by Gasteiger charge is -2.19. The number of carbonyl (C=O) groups is 2. The van der Waals surface area contributed by atoms with Crippen LogP contribution in [0.25, 0.3) is 11.0 Å². The van der Waals surface area contributed by atoms with Gasteiger partial charge in [0.25, 0.3) is 0 Å². The number of fused-ring (bicyclic) bond motifs is 1. The third-order valence-electron chi connectivity index (χ3n) is 4.98. The maximum Gasteiger partial charge on any atom is 0.407 e. The number of ether oxygens (including phenoxy) is 1. The Hall–Kier alpha value is -3.35. The van der Waals surface area contributed by atoms with Crippen LogP contribution in [0, 0.1) is 5.92 Å². The Labute approximate surface area is 175 Å². The molecule has 2 amide bonds. The minimum Gasteiger partial charge on any atom is -0.444 e. The Balaban J connectivity index is 1.36. The number of hydrogen-bond acceptors (Lipinski definition) is 4. The van der Waals surface area contributed by atoms with Gasteiger partial charge < -0.3 is 15.0 Å². The molecule has 0 aliphatic heterocycles. The van der Waals surface area contributed by atoms with Gasteiger partial charge in [0.05, 0.1) is 11.0 Å². The highest BCUT2D eigenvalue weighted by Crippen LogP contribution is 2.47. The molecule has 2 aromatic carbocycles. The predicted molar refractivity (Wildman–Crippen MR) is 115 cm³/mol. The average Bonchev–Trinajstić information content (AvgIpc) is 3.39. The Morgan fingerprint density at radius 1 is 1.17 bits per heavy atom. The molecule has 3 aromatic rings. The van der Waals surface area contributed by atoms with E-state index in [2.05, 4.69) is 32.7 Å². The third kappa shape index (κ3) is 4.79. The first kappa shape index (κ1) is 19.9. The topological polar surface area (TPSA) is 96.1 Å². The van der Waals surface area contributed by atoms with E-state index in [0.717, 1.165) is 23.0 Å². The van der Waals surface area contributed by atoms with Crippen molar-refractivity contribution in [2.24, 2.45) is 5.92 Å². The monoisotopic (exact) mass is 406 g/mol. The number of rotatable bonds is 5. The van der Waals surface area contributed by atoms with Gasteiger partial charge in [0.15, 0.2) is 0 Å². The lowest BCUT2D eigenvalue weighted by Crippen LogP contribution is -2.32. The summed E-state index contributed by atoms with van der Waals surface area (Å²) in [6.45, 7) is 5.80. The van der Waals surface area contributed by atoms with Crippen molar-refractivity contribution in [2.75, 3.05) is 5.32 Å². The second kappa shape index (κ2) is 7.82. The first-order chi connectivity index (χ1) is 14.3. The summed E-state index contributed by atoms with van der Waals surface area (Å²) in [5.41, 5.74) is 3.10. The van der Waals surface area contributed by atoms with Crippen LogP contribution in [0.4, 0.5) is 10.7 Å². The predicted octanol–water partition coefficient (Wildman–Crippen LogP) is 4.33. The van der Waals surface area contributed by atoms with Crippen LogP contribution in [-0.2, 0) is 16.1 Å². The summed E-state index contributed by atoms with van der Waals surface area (Å²) in [6.07, 6.45) is 0.395. The number of aromatic nitrogens is 2. The van der Waals surface area contributed by atoms with Crippen molar-refractivity contribution in [3.63, 3.8) is 0 Å². The second-order valence-electron chi connectivity index (χ2n) is 8.64. The Kier molecular flexibility index (Phi) is 5.20. The van der Waals surface area contributed by atoms with Gasteiger partial charge in [-0.15, -0.1) is 0 Å². The van der Waals surface area contributed by atoms with Crippen molar-refractivity contribution >= 4 is 29.0 Å². The van der Waals surface area contributed by atoms with E-state index in [-0.39, 0.29) is 17.7 Å². The maximum absolute atomic E-state index is 12.6. The van der Waals surface area contributed by atoms with Crippen molar-refractivity contribution in [2.45, 2.75) is 45.3 Å². The lowest BCUT2D eigenvalue weighted by molar-refractivity contribution is -0.117. The second-order valence-corrected chi connectivity index (χ2v) is 8.64. The normalized spacial score (nSPS) is 18.1. The van der Waals surface area contributed by atoms with Crippen LogP contribution in [0.1, 0.15) is 44.2 Å². The number of carbonyl (C=O) groups excluding carboxylic acids is 2. The van der Waals surface area contributed by atoms with E-state index >= 15 is 0 Å². The van der Waals surface area contributed by atoms with Crippen LogP contribution in [0.2, 0.25) is 0 Å². The molecule has 2 unspecified atom stereocenters. The Morgan fingerprint density at radius 2 is 1.93 bits per heavy atom. The van der Waals surface area contributed by atoms with Crippen LogP contribution in [0.15, 0.2) is 48.5 Å². The van der Waals surface area contributed by atoms with Crippen molar-refractivity contribution in [3.8, 4) is 0 Å². The van der Waals surface area contributed by atoms with Gasteiger partial charge in [-0.2, -0.15) is 0 Å². The molecule has 4 rings (SSSR count). The van der Waals surface area contributed by atoms with Crippen LogP contribution >= 0.6 is 0 Å². The van der Waals surface area contributed by atoms with Gasteiger partial charge in [0.1, 0.15) is 5.60 Å². The van der Waals surface area contributed by atoms with E-state index in [1.165, 1.54) is 5.56 Å². The minimum absolute atomic E-state index is 0.0188. The first-order valence-corrected chi connectivity index (χ1v) is 10.1. The highest BCUT2D eigenvalue weighted by atomic mass is 16.6. The van der Waals surface area contributed by atoms with E-state index in [1.807, 2.05) is 57.2 Å². The maximum atomic E-state index is 12.6. The van der Waals surface area contributed by atoms with E-state index in [1.54, 1.807) is 0 Å². The fourth-order valence-corrected chi connectivity index (χ4v) is 3.47. The lowest BCUT2D eigenvalue weighted by atomic mass is 10.1. The molecule has 7 heteroatoms. The van der Waals surface area contributed by atoms with E-state index < -0.39 is 11.7 Å². The molecule has 1 aromatic heterocycles. The summed E-state index contributed by atoms with van der Waals surface area (Å²) in [5, 5.41) is 5.63. The molecule has 30 heavy (non-hydrogen) atoms. The van der Waals surface area contributed by atoms with Gasteiger partial charge in [0.2, 0.25) is 11.9 Å². The highest BCUT2D eigenvalue weighted by molar-refractivity contribution is 5.95. The molecule has 0 bridgehead atoms. The van der Waals surface area contributed by atoms with Gasteiger partial charge in [0, 0.05) is 12.5 Å². The number of aromatic amines is 1. The van der Waals surface area contributed by atoms with Gasteiger partial charge in [-0.1, -0.05) is 36.4 Å². The van der Waals surface area contributed by atoms with Crippen molar-refractivity contribution in [3.05, 3.63) is 59.7 Å². The average molecular weight is 406 g/mol. The van der Waals surface area contributed by atoms with Gasteiger partial charge >= 0.3 is 6.09 Å². The molecule has 0 spiro atoms. The number of alkyl carbamates (subject to hydrolysis) is 1. The van der Waals surface area contributed by atoms with Crippen LogP contribution in [-0.4, -0.2) is 27.6 Å². The van der Waals surface area contributed by atoms with Gasteiger partial charge in [-0.25, -0.2) is 9.78 Å². The number of H-pyrrole nitrogens is 1. The molecule has 1 aliphatic rings. The zero-order valence-electron chi connectivity index (χ0n) is 17.4. The Morgan fingerprint density at radius 3 is 2.67 bits per heavy atom. The van der Waals surface area contributed by atoms with Crippen LogP contribution in [0.3, 0.4) is 0 Å². The molecule has 156 valence electrons. The molecule has 7 nitrogen and oxygen atoms in total. The van der Waals surface area contributed by atoms with E-state index in [0.29, 0.717) is 12.5 Å². The van der Waals surface area contributed by atoms with Gasteiger partial charge in [-0.3, -0.25) is 10.1 Å². The number of anilines is 1. The van der Waals surface area contributed by atoms with Crippen molar-refractivity contribution < 1.29 is 14.3 Å². The SMILES string of the molecule is CC(C)(C)OC(=O)NCc1ccc2[nH]c(NC(=O)C3CC3c3ccccc3)nc2c1. The Bertz CT molecular complexity index is 1070. The van der Waals surface area contributed by atoms with E-state index in [9.17, 15) is 9.59 Å². The largest absolute Gasteiger partial charge is 0.444 e. The summed E-state index contributed by atoms with van der Waals surface area (Å²) in [7, 11) is 0. The molecular formula is C23H26N4O3. The summed E-state index contributed by atoms with van der Waals surface area (Å²) < 4.78 is 5.24. The zero-order valence-corrected chi connectivity index (χ0v) is 17.4. The third-order valence-corrected chi connectivity index (χ3v) is 4.98. The fourth-order valence-electron chi connectivity index (χ4n) is 3.47. The standard InChI is InChI=1S/C23H26N4O3/c1-23(2,3)30-22(29)24-13-14-9-10-18-19(11-14)26-21(25-18)27-20(28)17-12-16(17)15-7-5-4-6-8-15/h4-11,16-17H,12-13H2,1-3H3,(H,24,29)(H2,25,26,27,28). The van der Waals surface area contributed by atoms with E-state index in [4.69, 9.17) is 4.74 Å². The van der Waals surface area contributed by atoms with Crippen LogP contribution < -0.4 is 10.6 Å². The quantitative estimate of drug-likeness (QED) is 0.588. The number of nitrogens with zero attached hydrogens (tertiary/aromatic N) is 1. The number of nitrogens with one attached hydrogen (secondary N) is 3. The molecule has 2 atom stereocenters. The van der Waals surface area contributed by atoms with Gasteiger partial charge in [-0.05, 0) is 56.4 Å². The molecule has 1 saturated carbocycles. The summed E-state index contributed by atoms with van der Waals surface area (Å²) in [5.74, 6) is 0.677. The number of imidazole rings is 1. The molecule has 1 heterocycles. The number of hydrogen-bond donors (Lipinski definition) is 3. The molecule has 0 radical (unpaired) electrons. The number of benzene rings is 2. The number of amides is 2. The van der Waals surface area contributed by atoms with Crippen LogP contribution in [0.5, 0.6) is 0 Å². The molecule has 1 aliphatic carbocycles. The fraction of sp³-hybridized carbons (Fsp3) is 0.348. The summed E-state index contributed by atoms with van der Waals surface area (Å²) in [6, 6.07) is 15.8. The van der Waals surface area contributed by atoms with Crippen molar-refractivity contribution in [1.29, 1.82) is 0 Å². The molecule has 3 N–H and O–H groups in total. The molecule has 0 saturated heterocycles. The summed E-state index contributed by atoms with van der Waals surface area (Å²) in [4.78, 5) is 32.0. The zero-order chi connectivity index (χ0) is 21.3. The molecular weight excluding hydrogens is 380 g/mol. The smallest absolute Gasteiger partial charge is 0.407 e.